The van der Waals surface area contributed by atoms with Gasteiger partial charge in [0.1, 0.15) is 0 Å². The molecule has 0 aromatic carbocycles. The SMILES string of the molecule is C#CCNC(=O)CCC(CCC(=O)NCC#C)(CCC(=O)NCC#C)NC(=O)[C@H]1CC[C@@H](OP(=O)(O)CC)CC1. The van der Waals surface area contributed by atoms with Crippen LogP contribution >= 0.6 is 7.60 Å². The molecule has 0 aliphatic heterocycles. The summed E-state index contributed by atoms with van der Waals surface area (Å²) in [6.07, 6.45) is 17.5. The summed E-state index contributed by atoms with van der Waals surface area (Å²) in [6.45, 7) is 1.72. The maximum Gasteiger partial charge on any atom is 0.328 e. The minimum Gasteiger partial charge on any atom is -0.350 e. The van der Waals surface area contributed by atoms with Crippen molar-refractivity contribution in [1.29, 1.82) is 0 Å². The molecule has 1 aliphatic rings. The number of terminal acetylenes is 3. The van der Waals surface area contributed by atoms with Gasteiger partial charge in [-0.15, -0.1) is 19.3 Å². The Morgan fingerprint density at radius 3 is 1.57 bits per heavy atom. The van der Waals surface area contributed by atoms with E-state index in [0.717, 1.165) is 0 Å². The number of hydrogen-bond acceptors (Lipinski definition) is 6. The van der Waals surface area contributed by atoms with Crippen molar-refractivity contribution in [2.45, 2.75) is 82.8 Å². The molecule has 0 saturated heterocycles. The van der Waals surface area contributed by atoms with Crippen LogP contribution < -0.4 is 21.3 Å². The summed E-state index contributed by atoms with van der Waals surface area (Å²) in [5.41, 5.74) is -1.07. The van der Waals surface area contributed by atoms with Gasteiger partial charge in [0.05, 0.1) is 25.7 Å². The molecule has 220 valence electrons. The van der Waals surface area contributed by atoms with Crippen molar-refractivity contribution in [2.75, 3.05) is 25.8 Å². The molecular weight excluding hydrogens is 535 g/mol. The molecule has 40 heavy (non-hydrogen) atoms. The molecule has 0 aromatic heterocycles. The molecule has 0 spiro atoms. The van der Waals surface area contributed by atoms with E-state index < -0.39 is 25.2 Å². The van der Waals surface area contributed by atoms with Gasteiger partial charge >= 0.3 is 7.60 Å². The monoisotopic (exact) mass is 576 g/mol. The average Bonchev–Trinajstić information content (AvgIpc) is 2.94. The maximum atomic E-state index is 13.5. The number of rotatable bonds is 17. The highest BCUT2D eigenvalue weighted by molar-refractivity contribution is 7.52. The van der Waals surface area contributed by atoms with Crippen LogP contribution in [0.25, 0.3) is 0 Å². The second-order valence-corrected chi connectivity index (χ2v) is 11.9. The van der Waals surface area contributed by atoms with Crippen LogP contribution in [-0.2, 0) is 28.3 Å². The van der Waals surface area contributed by atoms with Crippen molar-refractivity contribution in [3.8, 4) is 37.0 Å². The highest BCUT2D eigenvalue weighted by Gasteiger charge is 2.37. The molecule has 1 fully saturated rings. The third kappa shape index (κ3) is 13.7. The lowest BCUT2D eigenvalue weighted by Crippen LogP contribution is -2.52. The lowest BCUT2D eigenvalue weighted by atomic mass is 9.81. The predicted molar refractivity (Wildman–Crippen MR) is 151 cm³/mol. The highest BCUT2D eigenvalue weighted by atomic mass is 31.2. The fraction of sp³-hybridized carbons (Fsp3) is 0.643. The third-order valence-corrected chi connectivity index (χ3v) is 8.23. The van der Waals surface area contributed by atoms with E-state index in [1.54, 1.807) is 6.92 Å². The zero-order chi connectivity index (χ0) is 30.0. The van der Waals surface area contributed by atoms with Crippen molar-refractivity contribution in [2.24, 2.45) is 5.92 Å². The van der Waals surface area contributed by atoms with Gasteiger partial charge in [0.15, 0.2) is 0 Å². The fourth-order valence-corrected chi connectivity index (χ4v) is 5.26. The standard InChI is InChI=1S/C28H41N4O7P/c1-5-19-29-24(33)13-16-28(17-14-25(34)30-20-6-2,18-15-26(35)31-21-7-3)32-27(36)22-9-11-23(12-10-22)39-40(37,38)8-4/h1-3,22-23H,8-21H2,4H3,(H,29,33)(H,30,34)(H,31,35)(H,32,36)(H,37,38)/t22-,23+. The molecule has 11 nitrogen and oxygen atoms in total. The maximum absolute atomic E-state index is 13.5. The van der Waals surface area contributed by atoms with Gasteiger partial charge in [-0.3, -0.25) is 23.7 Å². The normalized spacial score (nSPS) is 18.1. The summed E-state index contributed by atoms with van der Waals surface area (Å²) < 4.78 is 17.3. The summed E-state index contributed by atoms with van der Waals surface area (Å²) in [5, 5.41) is 10.8. The molecule has 0 radical (unpaired) electrons. The van der Waals surface area contributed by atoms with E-state index >= 15 is 0 Å². The summed E-state index contributed by atoms with van der Waals surface area (Å²) >= 11 is 0. The molecule has 0 heterocycles. The van der Waals surface area contributed by atoms with E-state index in [9.17, 15) is 28.6 Å². The van der Waals surface area contributed by atoms with Gasteiger partial charge in [-0.2, -0.15) is 0 Å². The van der Waals surface area contributed by atoms with Gasteiger partial charge in [0.2, 0.25) is 23.6 Å². The Kier molecular flexibility index (Phi) is 15.7. The lowest BCUT2D eigenvalue weighted by molar-refractivity contribution is -0.131. The molecule has 5 N–H and O–H groups in total. The number of carbonyl (C=O) groups excluding carboxylic acids is 4. The van der Waals surface area contributed by atoms with E-state index in [1.807, 2.05) is 0 Å². The van der Waals surface area contributed by atoms with E-state index in [4.69, 9.17) is 23.8 Å². The minimum atomic E-state index is -3.65. The number of nitrogens with one attached hydrogen (secondary N) is 4. The molecule has 1 unspecified atom stereocenters. The van der Waals surface area contributed by atoms with Gasteiger partial charge in [0, 0.05) is 36.9 Å². The first kappa shape index (κ1) is 34.7. The number of amides is 4. The quantitative estimate of drug-likeness (QED) is 0.128. The Morgan fingerprint density at radius 2 is 1.23 bits per heavy atom. The van der Waals surface area contributed by atoms with Crippen molar-refractivity contribution in [3.05, 3.63) is 0 Å². The Labute approximate surface area is 237 Å². The largest absolute Gasteiger partial charge is 0.350 e. The third-order valence-electron chi connectivity index (χ3n) is 6.80. The van der Waals surface area contributed by atoms with Crippen LogP contribution in [0.15, 0.2) is 0 Å². The van der Waals surface area contributed by atoms with Crippen LogP contribution in [0.3, 0.4) is 0 Å². The van der Waals surface area contributed by atoms with Gasteiger partial charge in [-0.25, -0.2) is 0 Å². The molecule has 1 aliphatic carbocycles. The van der Waals surface area contributed by atoms with Crippen LogP contribution in [0, 0.1) is 42.9 Å². The van der Waals surface area contributed by atoms with E-state index in [2.05, 4.69) is 39.0 Å². The summed E-state index contributed by atoms with van der Waals surface area (Å²) in [5.74, 6) is 5.32. The van der Waals surface area contributed by atoms with Crippen molar-refractivity contribution >= 4 is 31.2 Å². The van der Waals surface area contributed by atoms with Crippen molar-refractivity contribution in [3.63, 3.8) is 0 Å². The smallest absolute Gasteiger partial charge is 0.328 e. The predicted octanol–water partition coefficient (Wildman–Crippen LogP) is 1.21. The Balaban J connectivity index is 3.09. The second-order valence-electron chi connectivity index (χ2n) is 9.74. The molecule has 0 bridgehead atoms. The van der Waals surface area contributed by atoms with Crippen LogP contribution in [0.5, 0.6) is 0 Å². The lowest BCUT2D eigenvalue weighted by Gasteiger charge is -2.37. The van der Waals surface area contributed by atoms with Gasteiger partial charge in [-0.05, 0) is 44.9 Å². The summed E-state index contributed by atoms with van der Waals surface area (Å²) in [7, 11) is -3.65. The molecule has 0 aromatic rings. The fourth-order valence-electron chi connectivity index (χ4n) is 4.44. The number of carbonyl (C=O) groups is 4. The Hall–Kier alpha value is -3.29. The Morgan fingerprint density at radius 1 is 0.825 bits per heavy atom. The molecule has 1 atom stereocenters. The van der Waals surface area contributed by atoms with Crippen LogP contribution in [0.1, 0.15) is 71.1 Å². The van der Waals surface area contributed by atoms with Crippen LogP contribution in [0.2, 0.25) is 0 Å². The zero-order valence-corrected chi connectivity index (χ0v) is 24.0. The molecule has 1 rings (SSSR count). The van der Waals surface area contributed by atoms with Gasteiger partial charge in [0.25, 0.3) is 0 Å². The average molecular weight is 577 g/mol. The highest BCUT2D eigenvalue weighted by Crippen LogP contribution is 2.45. The van der Waals surface area contributed by atoms with Crippen LogP contribution in [-0.4, -0.2) is 66.0 Å². The van der Waals surface area contributed by atoms with Gasteiger partial charge < -0.3 is 30.7 Å². The summed E-state index contributed by atoms with van der Waals surface area (Å²) in [6, 6.07) is 0. The molecule has 1 saturated carbocycles. The second kappa shape index (κ2) is 18.1. The van der Waals surface area contributed by atoms with Crippen molar-refractivity contribution in [1.82, 2.24) is 21.3 Å². The topological polar surface area (TPSA) is 163 Å². The first-order valence-electron chi connectivity index (χ1n) is 13.4. The van der Waals surface area contributed by atoms with Gasteiger partial charge in [-0.1, -0.05) is 24.7 Å². The zero-order valence-electron chi connectivity index (χ0n) is 23.1. The number of hydrogen-bond donors (Lipinski definition) is 5. The van der Waals surface area contributed by atoms with E-state index in [-0.39, 0.29) is 87.9 Å². The summed E-state index contributed by atoms with van der Waals surface area (Å²) in [4.78, 5) is 60.4. The molecule has 4 amide bonds. The van der Waals surface area contributed by atoms with Crippen LogP contribution in [0.4, 0.5) is 0 Å². The molecule has 12 heteroatoms. The van der Waals surface area contributed by atoms with E-state index in [0.29, 0.717) is 25.7 Å². The molecular formula is C28H41N4O7P. The Bertz CT molecular complexity index is 965. The first-order valence-corrected chi connectivity index (χ1v) is 15.2. The first-order chi connectivity index (χ1) is 19.0. The van der Waals surface area contributed by atoms with Crippen molar-refractivity contribution < 1.29 is 33.2 Å². The minimum absolute atomic E-state index is 0.00327. The van der Waals surface area contributed by atoms with E-state index in [1.165, 1.54) is 0 Å².